The third-order valence-electron chi connectivity index (χ3n) is 3.76. The third kappa shape index (κ3) is 3.85. The van der Waals surface area contributed by atoms with Crippen molar-refractivity contribution in [2.75, 3.05) is 5.43 Å². The molecular weight excluding hydrogens is 360 g/mol. The van der Waals surface area contributed by atoms with Crippen molar-refractivity contribution in [3.05, 3.63) is 81.7 Å². The molecule has 27 heavy (non-hydrogen) atoms. The van der Waals surface area contributed by atoms with E-state index in [1.165, 1.54) is 6.07 Å². The lowest BCUT2D eigenvalue weighted by atomic mass is 10.2. The topological polar surface area (TPSA) is 88.0 Å². The van der Waals surface area contributed by atoms with E-state index in [0.717, 1.165) is 21.8 Å². The normalized spacial score (nSPS) is 11.1. The molecule has 4 aromatic rings. The van der Waals surface area contributed by atoms with Crippen LogP contribution < -0.4 is 11.0 Å². The predicted octanol–water partition coefficient (Wildman–Crippen LogP) is 3.44. The van der Waals surface area contributed by atoms with Crippen molar-refractivity contribution >= 4 is 23.5 Å². The summed E-state index contributed by atoms with van der Waals surface area (Å²) in [6.07, 6.45) is 3.59. The summed E-state index contributed by atoms with van der Waals surface area (Å²) in [5.74, 6) is 0.296. The largest absolute Gasteiger partial charge is 0.291 e. The van der Waals surface area contributed by atoms with Crippen molar-refractivity contribution in [2.24, 2.45) is 5.10 Å². The number of hydrazone groups is 1. The van der Waals surface area contributed by atoms with Gasteiger partial charge >= 0.3 is 0 Å². The van der Waals surface area contributed by atoms with Crippen molar-refractivity contribution in [1.82, 2.24) is 19.7 Å². The number of aromatic amines is 1. The zero-order chi connectivity index (χ0) is 18.6. The number of hydrogen-bond acceptors (Lipinski definition) is 6. The monoisotopic (exact) mass is 376 g/mol. The molecule has 1 aromatic carbocycles. The number of thiophene rings is 1. The SMILES string of the molecule is Cc1cc(=O)[nH]c(NN=Cc2cn(-c3ccccc3)nc2-c2cccs2)n1. The van der Waals surface area contributed by atoms with E-state index in [1.807, 2.05) is 58.7 Å². The highest BCUT2D eigenvalue weighted by atomic mass is 32.1. The van der Waals surface area contributed by atoms with Crippen LogP contribution >= 0.6 is 11.3 Å². The van der Waals surface area contributed by atoms with Gasteiger partial charge in [-0.05, 0) is 30.5 Å². The molecule has 0 saturated carbocycles. The van der Waals surface area contributed by atoms with Gasteiger partial charge in [-0.15, -0.1) is 11.3 Å². The van der Waals surface area contributed by atoms with E-state index in [-0.39, 0.29) is 5.56 Å². The molecule has 0 unspecified atom stereocenters. The van der Waals surface area contributed by atoms with Crippen molar-refractivity contribution in [1.29, 1.82) is 0 Å². The maximum atomic E-state index is 11.5. The predicted molar refractivity (Wildman–Crippen MR) is 108 cm³/mol. The third-order valence-corrected chi connectivity index (χ3v) is 4.64. The first-order valence-electron chi connectivity index (χ1n) is 8.25. The Kier molecular flexibility index (Phi) is 4.63. The molecule has 4 rings (SSSR count). The molecule has 0 saturated heterocycles. The number of benzene rings is 1. The maximum Gasteiger partial charge on any atom is 0.252 e. The molecule has 0 aliphatic heterocycles. The van der Waals surface area contributed by atoms with Crippen LogP contribution in [0.15, 0.2) is 70.0 Å². The number of anilines is 1. The Morgan fingerprint density at radius 1 is 1.22 bits per heavy atom. The standard InChI is InChI=1S/C19H16N6OS/c1-13-10-17(26)22-19(21-13)23-20-11-14-12-25(15-6-3-2-4-7-15)24-18(14)16-8-5-9-27-16/h2-12H,1H3,(H2,21,22,23,26). The molecule has 2 N–H and O–H groups in total. The average molecular weight is 376 g/mol. The quantitative estimate of drug-likeness (QED) is 0.413. The first-order chi connectivity index (χ1) is 13.2. The van der Waals surface area contributed by atoms with Crippen molar-refractivity contribution < 1.29 is 0 Å². The van der Waals surface area contributed by atoms with Gasteiger partial charge in [0.2, 0.25) is 5.95 Å². The van der Waals surface area contributed by atoms with Gasteiger partial charge in [0.15, 0.2) is 0 Å². The van der Waals surface area contributed by atoms with Crippen LogP contribution in [0.3, 0.4) is 0 Å². The highest BCUT2D eigenvalue weighted by Gasteiger charge is 2.11. The van der Waals surface area contributed by atoms with Gasteiger partial charge in [-0.25, -0.2) is 15.1 Å². The Hall–Kier alpha value is -3.52. The minimum absolute atomic E-state index is 0.226. The molecule has 0 amide bonds. The van der Waals surface area contributed by atoms with Gasteiger partial charge in [0.05, 0.1) is 16.8 Å². The second-order valence-electron chi connectivity index (χ2n) is 5.80. The summed E-state index contributed by atoms with van der Waals surface area (Å²) >= 11 is 1.61. The highest BCUT2D eigenvalue weighted by molar-refractivity contribution is 7.13. The number of aryl methyl sites for hydroxylation is 1. The molecule has 0 fully saturated rings. The van der Waals surface area contributed by atoms with Crippen molar-refractivity contribution in [3.63, 3.8) is 0 Å². The van der Waals surface area contributed by atoms with Gasteiger partial charge in [0.1, 0.15) is 5.69 Å². The minimum Gasteiger partial charge on any atom is -0.291 e. The summed E-state index contributed by atoms with van der Waals surface area (Å²) in [4.78, 5) is 19.4. The van der Waals surface area contributed by atoms with Crippen LogP contribution in [0.1, 0.15) is 11.3 Å². The molecule has 3 aromatic heterocycles. The van der Waals surface area contributed by atoms with E-state index in [1.54, 1.807) is 24.5 Å². The van der Waals surface area contributed by atoms with Crippen LogP contribution in [0, 0.1) is 6.92 Å². The van der Waals surface area contributed by atoms with E-state index in [0.29, 0.717) is 11.6 Å². The van der Waals surface area contributed by atoms with Gasteiger partial charge in [-0.3, -0.25) is 9.78 Å². The van der Waals surface area contributed by atoms with Crippen molar-refractivity contribution in [2.45, 2.75) is 6.92 Å². The van der Waals surface area contributed by atoms with E-state index in [9.17, 15) is 4.79 Å². The number of hydrogen-bond donors (Lipinski definition) is 2. The maximum absolute atomic E-state index is 11.5. The number of para-hydroxylation sites is 1. The molecule has 0 spiro atoms. The summed E-state index contributed by atoms with van der Waals surface area (Å²) in [6.45, 7) is 1.75. The van der Waals surface area contributed by atoms with E-state index < -0.39 is 0 Å². The molecular formula is C19H16N6OS. The fourth-order valence-electron chi connectivity index (χ4n) is 2.59. The van der Waals surface area contributed by atoms with E-state index >= 15 is 0 Å². The Labute approximate surface area is 159 Å². The summed E-state index contributed by atoms with van der Waals surface area (Å²) in [5.41, 5.74) is 5.81. The average Bonchev–Trinajstić information content (AvgIpc) is 3.31. The molecule has 7 nitrogen and oxygen atoms in total. The van der Waals surface area contributed by atoms with Crippen LogP contribution in [0.25, 0.3) is 16.3 Å². The van der Waals surface area contributed by atoms with Gasteiger partial charge < -0.3 is 0 Å². The van der Waals surface area contributed by atoms with Crippen LogP contribution in [-0.2, 0) is 0 Å². The lowest BCUT2D eigenvalue weighted by Gasteiger charge is -1.99. The smallest absolute Gasteiger partial charge is 0.252 e. The second kappa shape index (κ2) is 7.38. The Morgan fingerprint density at radius 2 is 2.07 bits per heavy atom. The summed E-state index contributed by atoms with van der Waals surface area (Å²) in [6, 6.07) is 15.3. The molecule has 0 aliphatic rings. The van der Waals surface area contributed by atoms with Crippen LogP contribution in [0.4, 0.5) is 5.95 Å². The van der Waals surface area contributed by atoms with Gasteiger partial charge in [-0.1, -0.05) is 24.3 Å². The number of H-pyrrole nitrogens is 1. The van der Waals surface area contributed by atoms with E-state index in [4.69, 9.17) is 5.10 Å². The molecule has 3 heterocycles. The fourth-order valence-corrected chi connectivity index (χ4v) is 3.33. The Morgan fingerprint density at radius 3 is 2.81 bits per heavy atom. The summed E-state index contributed by atoms with van der Waals surface area (Å²) < 4.78 is 1.82. The Bertz CT molecular complexity index is 1130. The first kappa shape index (κ1) is 16.9. The molecule has 0 aliphatic carbocycles. The van der Waals surface area contributed by atoms with E-state index in [2.05, 4.69) is 20.5 Å². The summed E-state index contributed by atoms with van der Waals surface area (Å²) in [5, 5.41) is 10.9. The molecule has 8 heteroatoms. The summed E-state index contributed by atoms with van der Waals surface area (Å²) in [7, 11) is 0. The number of rotatable bonds is 5. The Balaban J connectivity index is 1.66. The molecule has 0 bridgehead atoms. The fraction of sp³-hybridized carbons (Fsp3) is 0.0526. The van der Waals surface area contributed by atoms with Gasteiger partial charge in [0, 0.05) is 23.5 Å². The first-order valence-corrected chi connectivity index (χ1v) is 9.13. The second-order valence-corrected chi connectivity index (χ2v) is 6.74. The molecule has 0 radical (unpaired) electrons. The number of nitrogens with zero attached hydrogens (tertiary/aromatic N) is 4. The highest BCUT2D eigenvalue weighted by Crippen LogP contribution is 2.26. The lowest BCUT2D eigenvalue weighted by Crippen LogP contribution is -2.10. The van der Waals surface area contributed by atoms with Gasteiger partial charge in [-0.2, -0.15) is 10.2 Å². The van der Waals surface area contributed by atoms with Gasteiger partial charge in [0.25, 0.3) is 5.56 Å². The lowest BCUT2D eigenvalue weighted by molar-refractivity contribution is 0.885. The number of nitrogens with one attached hydrogen (secondary N) is 2. The number of aromatic nitrogens is 4. The van der Waals surface area contributed by atoms with Crippen LogP contribution in [0.5, 0.6) is 0 Å². The van der Waals surface area contributed by atoms with Crippen LogP contribution in [0.2, 0.25) is 0 Å². The zero-order valence-corrected chi connectivity index (χ0v) is 15.3. The van der Waals surface area contributed by atoms with Crippen molar-refractivity contribution in [3.8, 4) is 16.3 Å². The molecule has 134 valence electrons. The minimum atomic E-state index is -0.226. The molecule has 0 atom stereocenters. The van der Waals surface area contributed by atoms with Crippen LogP contribution in [-0.4, -0.2) is 26.0 Å². The zero-order valence-electron chi connectivity index (χ0n) is 14.5.